The van der Waals surface area contributed by atoms with Gasteiger partial charge in [0.1, 0.15) is 0 Å². The summed E-state index contributed by atoms with van der Waals surface area (Å²) in [5, 5.41) is 10.2. The standard InChI is InChI=1S/C6H4ClNO2S/c7-11-6-3-1-5(2-4-6)8(9)10/h1-4H/i1+1,2+1,3+1,4+1,5+1,6+1. The monoisotopic (exact) mass is 195 g/mol. The molecule has 0 aliphatic heterocycles. The molecule has 58 valence electrons. The first-order valence-electron chi connectivity index (χ1n) is 2.77. The summed E-state index contributed by atoms with van der Waals surface area (Å²) in [4.78, 5) is 10.5. The lowest BCUT2D eigenvalue weighted by Crippen LogP contribution is -1.85. The summed E-state index contributed by atoms with van der Waals surface area (Å²) in [5.41, 5.74) is 0.0828. The topological polar surface area (TPSA) is 43.1 Å². The van der Waals surface area contributed by atoms with E-state index in [2.05, 4.69) is 0 Å². The Balaban J connectivity index is 2.91. The maximum atomic E-state index is 10.2. The maximum absolute atomic E-state index is 10.2. The van der Waals surface area contributed by atoms with Gasteiger partial charge >= 0.3 is 0 Å². The van der Waals surface area contributed by atoms with Crippen LogP contribution < -0.4 is 0 Å². The van der Waals surface area contributed by atoms with Crippen LogP contribution in [0.3, 0.4) is 0 Å². The average Bonchev–Trinajstić information content (AvgIpc) is 2.05. The number of hydrogen-bond acceptors (Lipinski definition) is 3. The molecule has 1 rings (SSSR count). The van der Waals surface area contributed by atoms with Gasteiger partial charge in [-0.3, -0.25) is 10.1 Å². The highest BCUT2D eigenvalue weighted by Gasteiger charge is 2.02. The van der Waals surface area contributed by atoms with Gasteiger partial charge < -0.3 is 0 Å². The van der Waals surface area contributed by atoms with Crippen LogP contribution in [0.5, 0.6) is 0 Å². The zero-order valence-corrected chi connectivity index (χ0v) is 6.93. The number of rotatable bonds is 2. The summed E-state index contributed by atoms with van der Waals surface area (Å²) in [5.74, 6) is 0. The number of benzene rings is 1. The van der Waals surface area contributed by atoms with Gasteiger partial charge in [-0.25, -0.2) is 0 Å². The fourth-order valence-electron chi connectivity index (χ4n) is 0.619. The second-order valence-corrected chi connectivity index (χ2v) is 2.92. The molecule has 0 amide bonds. The van der Waals surface area contributed by atoms with E-state index in [0.29, 0.717) is 0 Å². The summed E-state index contributed by atoms with van der Waals surface area (Å²) >= 11 is 0. The Morgan fingerprint density at radius 2 is 1.91 bits per heavy atom. The van der Waals surface area contributed by atoms with Gasteiger partial charge in [0.05, 0.1) is 4.92 Å². The Morgan fingerprint density at radius 3 is 2.27 bits per heavy atom. The van der Waals surface area contributed by atoms with Crippen molar-refractivity contribution in [1.29, 1.82) is 0 Å². The summed E-state index contributed by atoms with van der Waals surface area (Å²) in [6.45, 7) is 0. The quantitative estimate of drug-likeness (QED) is 0.538. The molecule has 5 heteroatoms. The maximum Gasteiger partial charge on any atom is 0.269 e. The molecule has 1 aromatic rings. The van der Waals surface area contributed by atoms with Crippen LogP contribution in [0.25, 0.3) is 0 Å². The van der Waals surface area contributed by atoms with E-state index >= 15 is 0 Å². The van der Waals surface area contributed by atoms with Crippen molar-refractivity contribution in [2.75, 3.05) is 0 Å². The fraction of sp³-hybridized carbons (Fsp3) is 0. The molecule has 0 radical (unpaired) electrons. The molecule has 11 heavy (non-hydrogen) atoms. The van der Waals surface area contributed by atoms with Gasteiger partial charge in [0.2, 0.25) is 0 Å². The van der Waals surface area contributed by atoms with Gasteiger partial charge in [0.25, 0.3) is 5.69 Å². The summed E-state index contributed by atoms with van der Waals surface area (Å²) in [6, 6.07) is 6.06. The fourth-order valence-corrected chi connectivity index (χ4v) is 1.17. The zero-order valence-electron chi connectivity index (χ0n) is 5.36. The molecule has 0 atom stereocenters. The van der Waals surface area contributed by atoms with Crippen molar-refractivity contribution < 1.29 is 4.92 Å². The van der Waals surface area contributed by atoms with Crippen molar-refractivity contribution in [2.45, 2.75) is 4.90 Å². The highest BCUT2D eigenvalue weighted by Crippen LogP contribution is 2.23. The third-order valence-corrected chi connectivity index (χ3v) is 2.12. The summed E-state index contributed by atoms with van der Waals surface area (Å²) in [6.07, 6.45) is 0. The smallest absolute Gasteiger partial charge is 0.258 e. The zero-order chi connectivity index (χ0) is 8.27. The van der Waals surface area contributed by atoms with Crippen LogP contribution in [0, 0.1) is 10.1 Å². The Labute approximate surface area is 72.0 Å². The molecule has 0 aliphatic rings. The second kappa shape index (κ2) is 3.59. The Kier molecular flexibility index (Phi) is 2.73. The van der Waals surface area contributed by atoms with Crippen LogP contribution >= 0.6 is 21.7 Å². The van der Waals surface area contributed by atoms with Gasteiger partial charge in [-0.15, -0.1) is 0 Å². The molecule has 0 aliphatic carbocycles. The first kappa shape index (κ1) is 8.36. The van der Waals surface area contributed by atoms with Gasteiger partial charge in [0, 0.05) is 17.0 Å². The third-order valence-electron chi connectivity index (χ3n) is 1.14. The minimum Gasteiger partial charge on any atom is -0.258 e. The molecule has 0 fully saturated rings. The molecule has 0 spiro atoms. The molecule has 0 bridgehead atoms. The molecule has 0 N–H and O–H groups in total. The molecule has 0 aromatic heterocycles. The van der Waals surface area contributed by atoms with Gasteiger partial charge in [-0.2, -0.15) is 0 Å². The van der Waals surface area contributed by atoms with Crippen molar-refractivity contribution in [2.24, 2.45) is 0 Å². The third kappa shape index (κ3) is 2.10. The first-order valence-corrected chi connectivity index (χ1v) is 4.41. The van der Waals surface area contributed by atoms with E-state index in [4.69, 9.17) is 10.7 Å². The predicted octanol–water partition coefficient (Wildman–Crippen LogP) is 2.84. The first-order chi connectivity index (χ1) is 5.24. The van der Waals surface area contributed by atoms with Gasteiger partial charge in [-0.05, 0) is 33.8 Å². The Bertz CT molecular complexity index is 262. The Morgan fingerprint density at radius 1 is 1.36 bits per heavy atom. The molecule has 0 saturated carbocycles. The van der Waals surface area contributed by atoms with Crippen molar-refractivity contribution in [3.05, 3.63) is 34.4 Å². The van der Waals surface area contributed by atoms with Crippen molar-refractivity contribution in [3.63, 3.8) is 0 Å². The van der Waals surface area contributed by atoms with Crippen LogP contribution in [0.4, 0.5) is 5.69 Å². The number of nitro groups is 1. The van der Waals surface area contributed by atoms with Crippen LogP contribution in [0.1, 0.15) is 0 Å². The van der Waals surface area contributed by atoms with E-state index in [1.54, 1.807) is 12.1 Å². The normalized spacial score (nSPS) is 9.55. The summed E-state index contributed by atoms with van der Waals surface area (Å²) in [7, 11) is 6.44. The lowest BCUT2D eigenvalue weighted by atomic mass is 11.3. The van der Waals surface area contributed by atoms with Gasteiger partial charge in [0.15, 0.2) is 0 Å². The van der Waals surface area contributed by atoms with Crippen LogP contribution in [-0.2, 0) is 0 Å². The van der Waals surface area contributed by atoms with Crippen LogP contribution in [0.15, 0.2) is 29.2 Å². The van der Waals surface area contributed by atoms with E-state index in [0.717, 1.165) is 15.9 Å². The lowest BCUT2D eigenvalue weighted by molar-refractivity contribution is -0.384. The number of halogens is 1. The molecule has 0 saturated heterocycles. The number of nitro benzene ring substituents is 1. The lowest BCUT2D eigenvalue weighted by Gasteiger charge is -1.91. The SMILES string of the molecule is O=[N+]([O-])[13c]1[13cH][13cH][13c](SCl)[13cH][13cH]1. The van der Waals surface area contributed by atoms with E-state index in [1.165, 1.54) is 12.1 Å². The Hall–Kier alpha value is -0.740. The van der Waals surface area contributed by atoms with Crippen LogP contribution in [-0.4, -0.2) is 4.92 Å². The highest BCUT2D eigenvalue weighted by atomic mass is 35.7. The van der Waals surface area contributed by atoms with Crippen molar-refractivity contribution >= 4 is 27.3 Å². The molecule has 1 aromatic carbocycles. The highest BCUT2D eigenvalue weighted by molar-refractivity contribution is 8.21. The molecule has 3 nitrogen and oxygen atoms in total. The predicted molar refractivity (Wildman–Crippen MR) is 44.8 cm³/mol. The number of nitrogens with zero attached hydrogens (tertiary/aromatic N) is 1. The van der Waals surface area contributed by atoms with E-state index in [1.807, 2.05) is 0 Å². The average molecular weight is 196 g/mol. The van der Waals surface area contributed by atoms with Crippen LogP contribution in [0.2, 0.25) is 0 Å². The molecule has 0 unspecified atom stereocenters. The van der Waals surface area contributed by atoms with E-state index in [9.17, 15) is 10.1 Å². The molecular formula is C6H4ClNO2S. The van der Waals surface area contributed by atoms with Gasteiger partial charge in [-0.1, -0.05) is 0 Å². The van der Waals surface area contributed by atoms with E-state index in [-0.39, 0.29) is 5.69 Å². The number of hydrogen-bond donors (Lipinski definition) is 0. The minimum atomic E-state index is -0.442. The van der Waals surface area contributed by atoms with Crippen molar-refractivity contribution in [3.8, 4) is 0 Å². The van der Waals surface area contributed by atoms with E-state index < -0.39 is 4.92 Å². The molecular weight excluding hydrogens is 192 g/mol. The minimum absolute atomic E-state index is 0.0828. The summed E-state index contributed by atoms with van der Waals surface area (Å²) < 4.78 is 0. The largest absolute Gasteiger partial charge is 0.269 e. The molecule has 0 heterocycles. The second-order valence-electron chi connectivity index (χ2n) is 1.83. The van der Waals surface area contributed by atoms with Crippen molar-refractivity contribution in [1.82, 2.24) is 0 Å². The number of non-ortho nitro benzene ring substituents is 1.